The average molecular weight is 313 g/mol. The summed E-state index contributed by atoms with van der Waals surface area (Å²) in [5.41, 5.74) is 0.497. The Morgan fingerprint density at radius 2 is 1.90 bits per heavy atom. The molecule has 1 aromatic carbocycles. The Kier molecular flexibility index (Phi) is 4.50. The Labute approximate surface area is 124 Å². The number of benzene rings is 1. The zero-order valence-electron chi connectivity index (χ0n) is 11.8. The molecule has 21 heavy (non-hydrogen) atoms. The lowest BCUT2D eigenvalue weighted by atomic mass is 10.1. The number of hydrogen-bond acceptors (Lipinski definition) is 5. The molecule has 1 heterocycles. The third kappa shape index (κ3) is 3.52. The van der Waals surface area contributed by atoms with Crippen LogP contribution in [0, 0.1) is 0 Å². The number of likely N-dealkylation sites (N-methyl/N-ethyl adjacent to an activating group) is 1. The predicted molar refractivity (Wildman–Crippen MR) is 79.1 cm³/mol. The molecule has 1 aromatic rings. The third-order valence-electron chi connectivity index (χ3n) is 3.69. The maximum Gasteiger partial charge on any atom is 0.337 e. The van der Waals surface area contributed by atoms with E-state index in [9.17, 15) is 18.3 Å². The standard InChI is InChI=1S/C13H19N3O4S/c1-2-15-5-7-16(8-6-15)12-4-3-10(21(14,19)20)9-11(12)13(17)18/h3-4,9H,2,5-8H2,1H3,(H,17,18)(H2,14,19,20). The number of nitrogens with two attached hydrogens (primary N) is 1. The van der Waals surface area contributed by atoms with Crippen LogP contribution >= 0.6 is 0 Å². The summed E-state index contributed by atoms with van der Waals surface area (Å²) in [7, 11) is -3.91. The second-order valence-corrected chi connectivity index (χ2v) is 6.51. The van der Waals surface area contributed by atoms with Gasteiger partial charge in [-0.05, 0) is 24.7 Å². The highest BCUT2D eigenvalue weighted by molar-refractivity contribution is 7.89. The molecule has 0 atom stereocenters. The van der Waals surface area contributed by atoms with Crippen LogP contribution < -0.4 is 10.0 Å². The molecule has 1 aliphatic heterocycles. The van der Waals surface area contributed by atoms with Crippen molar-refractivity contribution in [3.63, 3.8) is 0 Å². The lowest BCUT2D eigenvalue weighted by Gasteiger charge is -2.36. The van der Waals surface area contributed by atoms with E-state index in [-0.39, 0.29) is 10.5 Å². The van der Waals surface area contributed by atoms with Crippen molar-refractivity contribution in [1.82, 2.24) is 4.90 Å². The summed E-state index contributed by atoms with van der Waals surface area (Å²) < 4.78 is 22.7. The van der Waals surface area contributed by atoms with Crippen molar-refractivity contribution < 1.29 is 18.3 Å². The number of sulfonamides is 1. The van der Waals surface area contributed by atoms with E-state index in [0.29, 0.717) is 18.8 Å². The highest BCUT2D eigenvalue weighted by Gasteiger charge is 2.22. The molecule has 1 aliphatic rings. The number of hydrogen-bond donors (Lipinski definition) is 2. The van der Waals surface area contributed by atoms with E-state index in [1.54, 1.807) is 0 Å². The Bertz CT molecular complexity index is 637. The van der Waals surface area contributed by atoms with Crippen molar-refractivity contribution in [3.05, 3.63) is 23.8 Å². The minimum Gasteiger partial charge on any atom is -0.478 e. The number of nitrogens with zero attached hydrogens (tertiary/aromatic N) is 2. The number of carbonyl (C=O) groups is 1. The van der Waals surface area contributed by atoms with E-state index in [1.165, 1.54) is 12.1 Å². The van der Waals surface area contributed by atoms with Gasteiger partial charge in [-0.25, -0.2) is 18.4 Å². The molecular formula is C13H19N3O4S. The van der Waals surface area contributed by atoms with Crippen molar-refractivity contribution in [1.29, 1.82) is 0 Å². The van der Waals surface area contributed by atoms with Crippen LogP contribution in [-0.4, -0.2) is 57.1 Å². The molecule has 116 valence electrons. The normalized spacial score (nSPS) is 17.0. The second-order valence-electron chi connectivity index (χ2n) is 4.95. The van der Waals surface area contributed by atoms with E-state index < -0.39 is 16.0 Å². The van der Waals surface area contributed by atoms with Crippen LogP contribution in [0.25, 0.3) is 0 Å². The van der Waals surface area contributed by atoms with Crippen LogP contribution in [0.3, 0.4) is 0 Å². The van der Waals surface area contributed by atoms with Gasteiger partial charge in [-0.15, -0.1) is 0 Å². The van der Waals surface area contributed by atoms with Crippen molar-refractivity contribution in [2.45, 2.75) is 11.8 Å². The summed E-state index contributed by atoms with van der Waals surface area (Å²) in [5, 5.41) is 14.4. The minimum atomic E-state index is -3.91. The van der Waals surface area contributed by atoms with E-state index in [0.717, 1.165) is 25.7 Å². The summed E-state index contributed by atoms with van der Waals surface area (Å²) in [6.45, 7) is 6.17. The van der Waals surface area contributed by atoms with E-state index in [1.807, 2.05) is 4.90 Å². The fourth-order valence-electron chi connectivity index (χ4n) is 2.44. The smallest absolute Gasteiger partial charge is 0.337 e. The maximum atomic E-state index is 11.4. The lowest BCUT2D eigenvalue weighted by Crippen LogP contribution is -2.46. The van der Waals surface area contributed by atoms with Crippen molar-refractivity contribution in [2.24, 2.45) is 5.14 Å². The molecule has 7 nitrogen and oxygen atoms in total. The molecule has 0 saturated carbocycles. The molecule has 3 N–H and O–H groups in total. The largest absolute Gasteiger partial charge is 0.478 e. The van der Waals surface area contributed by atoms with Gasteiger partial charge in [0.05, 0.1) is 16.1 Å². The first-order valence-electron chi connectivity index (χ1n) is 6.70. The van der Waals surface area contributed by atoms with Crippen LogP contribution in [0.15, 0.2) is 23.1 Å². The molecular weight excluding hydrogens is 294 g/mol. The van der Waals surface area contributed by atoms with Gasteiger partial charge in [0.25, 0.3) is 0 Å². The highest BCUT2D eigenvalue weighted by Crippen LogP contribution is 2.25. The lowest BCUT2D eigenvalue weighted by molar-refractivity contribution is 0.0697. The topological polar surface area (TPSA) is 104 Å². The first-order chi connectivity index (χ1) is 9.82. The van der Waals surface area contributed by atoms with Gasteiger partial charge >= 0.3 is 5.97 Å². The number of aromatic carboxylic acids is 1. The molecule has 0 aliphatic carbocycles. The van der Waals surface area contributed by atoms with Crippen molar-refractivity contribution in [3.8, 4) is 0 Å². The zero-order chi connectivity index (χ0) is 15.6. The molecule has 0 amide bonds. The average Bonchev–Trinajstić information content (AvgIpc) is 2.45. The van der Waals surface area contributed by atoms with Gasteiger partial charge in [0.2, 0.25) is 10.0 Å². The van der Waals surface area contributed by atoms with E-state index >= 15 is 0 Å². The predicted octanol–water partition coefficient (Wildman–Crippen LogP) is 0.174. The maximum absolute atomic E-state index is 11.4. The van der Waals surface area contributed by atoms with Crippen LogP contribution in [0.2, 0.25) is 0 Å². The van der Waals surface area contributed by atoms with Crippen molar-refractivity contribution >= 4 is 21.7 Å². The molecule has 2 rings (SSSR count). The highest BCUT2D eigenvalue weighted by atomic mass is 32.2. The SMILES string of the molecule is CCN1CCN(c2ccc(S(N)(=O)=O)cc2C(=O)O)CC1. The molecule has 1 fully saturated rings. The number of anilines is 1. The number of carboxylic acids is 1. The molecule has 8 heteroatoms. The summed E-state index contributed by atoms with van der Waals surface area (Å²) in [6.07, 6.45) is 0. The van der Waals surface area contributed by atoms with Gasteiger partial charge in [0.15, 0.2) is 0 Å². The van der Waals surface area contributed by atoms with Gasteiger partial charge in [0, 0.05) is 26.2 Å². The first-order valence-corrected chi connectivity index (χ1v) is 8.25. The molecule has 0 bridgehead atoms. The van der Waals surface area contributed by atoms with E-state index in [4.69, 9.17) is 5.14 Å². The third-order valence-corrected chi connectivity index (χ3v) is 4.60. The Morgan fingerprint density at radius 3 is 2.38 bits per heavy atom. The summed E-state index contributed by atoms with van der Waals surface area (Å²) in [5.74, 6) is -1.16. The van der Waals surface area contributed by atoms with Gasteiger partial charge < -0.3 is 14.9 Å². The minimum absolute atomic E-state index is 0.0357. The fourth-order valence-corrected chi connectivity index (χ4v) is 2.98. The van der Waals surface area contributed by atoms with Gasteiger partial charge in [0.1, 0.15) is 0 Å². The number of carboxylic acid groups (broad SMARTS) is 1. The number of piperazine rings is 1. The van der Waals surface area contributed by atoms with Crippen LogP contribution in [0.5, 0.6) is 0 Å². The Balaban J connectivity index is 2.34. The van der Waals surface area contributed by atoms with Gasteiger partial charge in [-0.1, -0.05) is 6.92 Å². The van der Waals surface area contributed by atoms with Crippen LogP contribution in [0.4, 0.5) is 5.69 Å². The quantitative estimate of drug-likeness (QED) is 0.821. The fraction of sp³-hybridized carbons (Fsp3) is 0.462. The zero-order valence-corrected chi connectivity index (χ0v) is 12.6. The van der Waals surface area contributed by atoms with Crippen LogP contribution in [-0.2, 0) is 10.0 Å². The molecule has 1 saturated heterocycles. The molecule has 0 radical (unpaired) electrons. The van der Waals surface area contributed by atoms with Gasteiger partial charge in [-0.2, -0.15) is 0 Å². The first kappa shape index (κ1) is 15.7. The molecule has 0 unspecified atom stereocenters. The second kappa shape index (κ2) is 6.00. The molecule has 0 spiro atoms. The monoisotopic (exact) mass is 313 g/mol. The number of primary sulfonamides is 1. The summed E-state index contributed by atoms with van der Waals surface area (Å²) in [4.78, 5) is 15.4. The van der Waals surface area contributed by atoms with Crippen molar-refractivity contribution in [2.75, 3.05) is 37.6 Å². The summed E-state index contributed by atoms with van der Waals surface area (Å²) >= 11 is 0. The van der Waals surface area contributed by atoms with Crippen LogP contribution in [0.1, 0.15) is 17.3 Å². The van der Waals surface area contributed by atoms with E-state index in [2.05, 4.69) is 11.8 Å². The Hall–Kier alpha value is -1.64. The Morgan fingerprint density at radius 1 is 1.29 bits per heavy atom. The molecule has 0 aromatic heterocycles. The number of rotatable bonds is 4. The summed E-state index contributed by atoms with van der Waals surface area (Å²) in [6, 6.07) is 3.99. The van der Waals surface area contributed by atoms with Gasteiger partial charge in [-0.3, -0.25) is 0 Å².